The van der Waals surface area contributed by atoms with E-state index in [1.807, 2.05) is 7.05 Å². The number of nitrogens with two attached hydrogens (primary N) is 1. The molecular formula is C7H15N2. The minimum atomic E-state index is -0.155. The molecule has 1 radical (unpaired) electrons. The highest BCUT2D eigenvalue weighted by atomic mass is 15.1. The van der Waals surface area contributed by atoms with Gasteiger partial charge in [0.15, 0.2) is 0 Å². The number of hydrogen-bond donors (Lipinski definition) is 1. The maximum atomic E-state index is 5.89. The highest BCUT2D eigenvalue weighted by molar-refractivity contribution is 4.82. The van der Waals surface area contributed by atoms with Crippen molar-refractivity contribution in [3.8, 4) is 0 Å². The summed E-state index contributed by atoms with van der Waals surface area (Å²) in [4.78, 5) is 0. The molecule has 0 atom stereocenters. The van der Waals surface area contributed by atoms with E-state index in [-0.39, 0.29) is 5.66 Å². The summed E-state index contributed by atoms with van der Waals surface area (Å²) >= 11 is 0. The zero-order chi connectivity index (χ0) is 6.74. The predicted octanol–water partition coefficient (Wildman–Crippen LogP) is 0.840. The molecule has 1 rings (SSSR count). The monoisotopic (exact) mass is 127 g/mol. The predicted molar refractivity (Wildman–Crippen MR) is 38.1 cm³/mol. The zero-order valence-electron chi connectivity index (χ0n) is 6.06. The molecule has 0 saturated heterocycles. The zero-order valence-corrected chi connectivity index (χ0v) is 6.06. The van der Waals surface area contributed by atoms with Crippen LogP contribution in [-0.4, -0.2) is 12.7 Å². The highest BCUT2D eigenvalue weighted by Gasteiger charge is 2.25. The van der Waals surface area contributed by atoms with Gasteiger partial charge in [-0.25, -0.2) is 5.32 Å². The summed E-state index contributed by atoms with van der Waals surface area (Å²) in [6.07, 6.45) is 6.03. The molecule has 0 aliphatic heterocycles. The average Bonchev–Trinajstić information content (AvgIpc) is 1.90. The van der Waals surface area contributed by atoms with Gasteiger partial charge in [-0.15, -0.1) is 0 Å². The Morgan fingerprint density at radius 2 is 1.78 bits per heavy atom. The van der Waals surface area contributed by atoms with Gasteiger partial charge < -0.3 is 5.73 Å². The van der Waals surface area contributed by atoms with Crippen molar-refractivity contribution in [3.63, 3.8) is 0 Å². The van der Waals surface area contributed by atoms with Gasteiger partial charge >= 0.3 is 0 Å². The van der Waals surface area contributed by atoms with Crippen molar-refractivity contribution in [2.75, 3.05) is 7.05 Å². The molecule has 1 aliphatic rings. The molecule has 53 valence electrons. The molecule has 1 fully saturated rings. The van der Waals surface area contributed by atoms with Crippen molar-refractivity contribution in [1.29, 1.82) is 0 Å². The molecule has 2 heteroatoms. The first-order valence-electron chi connectivity index (χ1n) is 3.67. The van der Waals surface area contributed by atoms with Gasteiger partial charge in [-0.2, -0.15) is 0 Å². The van der Waals surface area contributed by atoms with Crippen LogP contribution in [0.5, 0.6) is 0 Å². The molecule has 0 aromatic rings. The van der Waals surface area contributed by atoms with Crippen LogP contribution in [0.15, 0.2) is 0 Å². The van der Waals surface area contributed by atoms with E-state index < -0.39 is 0 Å². The Labute approximate surface area is 56.8 Å². The molecule has 0 aromatic heterocycles. The summed E-state index contributed by atoms with van der Waals surface area (Å²) in [5.41, 5.74) is 5.74. The van der Waals surface area contributed by atoms with E-state index in [0.717, 1.165) is 12.8 Å². The average molecular weight is 127 g/mol. The lowest BCUT2D eigenvalue weighted by Gasteiger charge is -2.31. The van der Waals surface area contributed by atoms with Crippen molar-refractivity contribution < 1.29 is 0 Å². The molecular weight excluding hydrogens is 112 g/mol. The molecule has 0 heterocycles. The third-order valence-electron chi connectivity index (χ3n) is 2.16. The van der Waals surface area contributed by atoms with Crippen molar-refractivity contribution in [2.24, 2.45) is 5.73 Å². The van der Waals surface area contributed by atoms with Gasteiger partial charge in [-0.05, 0) is 12.8 Å². The van der Waals surface area contributed by atoms with E-state index >= 15 is 0 Å². The van der Waals surface area contributed by atoms with Crippen molar-refractivity contribution >= 4 is 0 Å². The van der Waals surface area contributed by atoms with E-state index in [9.17, 15) is 0 Å². The Morgan fingerprint density at radius 1 is 1.22 bits per heavy atom. The molecule has 0 bridgehead atoms. The lowest BCUT2D eigenvalue weighted by Crippen LogP contribution is -2.48. The second-order valence-corrected chi connectivity index (χ2v) is 2.89. The van der Waals surface area contributed by atoms with Crippen LogP contribution in [0.2, 0.25) is 0 Å². The van der Waals surface area contributed by atoms with Crippen molar-refractivity contribution in [1.82, 2.24) is 5.32 Å². The summed E-state index contributed by atoms with van der Waals surface area (Å²) in [5.74, 6) is 0. The first-order chi connectivity index (χ1) is 4.27. The van der Waals surface area contributed by atoms with Gasteiger partial charge in [-0.3, -0.25) is 0 Å². The fourth-order valence-corrected chi connectivity index (χ4v) is 1.39. The molecule has 0 spiro atoms. The maximum absolute atomic E-state index is 5.89. The van der Waals surface area contributed by atoms with Gasteiger partial charge in [0, 0.05) is 7.05 Å². The van der Waals surface area contributed by atoms with Crippen LogP contribution in [0.3, 0.4) is 0 Å². The molecule has 2 N–H and O–H groups in total. The summed E-state index contributed by atoms with van der Waals surface area (Å²) in [6.45, 7) is 0. The fraction of sp³-hybridized carbons (Fsp3) is 1.00. The van der Waals surface area contributed by atoms with Crippen LogP contribution in [0, 0.1) is 0 Å². The van der Waals surface area contributed by atoms with Crippen LogP contribution >= 0.6 is 0 Å². The van der Waals surface area contributed by atoms with E-state index in [4.69, 9.17) is 5.73 Å². The summed E-state index contributed by atoms with van der Waals surface area (Å²) in [6, 6.07) is 0. The smallest absolute Gasteiger partial charge is 0.0820 e. The molecule has 1 aliphatic carbocycles. The maximum Gasteiger partial charge on any atom is 0.0820 e. The first kappa shape index (κ1) is 7.03. The molecule has 1 saturated carbocycles. The minimum Gasteiger partial charge on any atom is -0.312 e. The summed E-state index contributed by atoms with van der Waals surface area (Å²) < 4.78 is 0. The quantitative estimate of drug-likeness (QED) is 0.557. The summed E-state index contributed by atoms with van der Waals surface area (Å²) in [7, 11) is 1.82. The molecule has 0 unspecified atom stereocenters. The van der Waals surface area contributed by atoms with Crippen LogP contribution in [0.4, 0.5) is 0 Å². The molecule has 0 aromatic carbocycles. The third kappa shape index (κ3) is 1.66. The van der Waals surface area contributed by atoms with E-state index in [2.05, 4.69) is 5.32 Å². The van der Waals surface area contributed by atoms with E-state index in [1.54, 1.807) is 0 Å². The topological polar surface area (TPSA) is 40.1 Å². The van der Waals surface area contributed by atoms with Gasteiger partial charge in [-0.1, -0.05) is 19.3 Å². The third-order valence-corrected chi connectivity index (χ3v) is 2.16. The SMILES string of the molecule is C[N]C1(N)CCCCC1. The van der Waals surface area contributed by atoms with Crippen molar-refractivity contribution in [2.45, 2.75) is 37.8 Å². The number of nitrogens with zero attached hydrogens (tertiary/aromatic N) is 1. The normalized spacial score (nSPS) is 26.0. The number of hydrogen-bond acceptors (Lipinski definition) is 1. The Kier molecular flexibility index (Phi) is 2.09. The minimum absolute atomic E-state index is 0.155. The Bertz CT molecular complexity index is 84.9. The first-order valence-corrected chi connectivity index (χ1v) is 3.67. The van der Waals surface area contributed by atoms with E-state index in [0.29, 0.717) is 0 Å². The fourth-order valence-electron chi connectivity index (χ4n) is 1.39. The van der Waals surface area contributed by atoms with Crippen LogP contribution in [-0.2, 0) is 0 Å². The standard InChI is InChI=1S/C7H15N2/c1-9-7(8)5-3-2-4-6-7/h2-6,8H2,1H3. The number of rotatable bonds is 1. The van der Waals surface area contributed by atoms with Crippen LogP contribution in [0.25, 0.3) is 0 Å². The van der Waals surface area contributed by atoms with Gasteiger partial charge in [0.05, 0.1) is 5.66 Å². The van der Waals surface area contributed by atoms with Gasteiger partial charge in [0.2, 0.25) is 0 Å². The summed E-state index contributed by atoms with van der Waals surface area (Å²) in [5, 5.41) is 4.16. The molecule has 2 nitrogen and oxygen atoms in total. The molecule has 0 amide bonds. The Hall–Kier alpha value is -0.0800. The highest BCUT2D eigenvalue weighted by Crippen LogP contribution is 2.23. The van der Waals surface area contributed by atoms with Gasteiger partial charge in [0.25, 0.3) is 0 Å². The second-order valence-electron chi connectivity index (χ2n) is 2.89. The van der Waals surface area contributed by atoms with E-state index in [1.165, 1.54) is 19.3 Å². The largest absolute Gasteiger partial charge is 0.312 e. The Balaban J connectivity index is 2.37. The lowest BCUT2D eigenvalue weighted by molar-refractivity contribution is 0.250. The Morgan fingerprint density at radius 3 is 2.11 bits per heavy atom. The molecule has 9 heavy (non-hydrogen) atoms. The lowest BCUT2D eigenvalue weighted by atomic mass is 9.90. The van der Waals surface area contributed by atoms with Crippen molar-refractivity contribution in [3.05, 3.63) is 0 Å². The van der Waals surface area contributed by atoms with Crippen LogP contribution in [0.1, 0.15) is 32.1 Å². The second kappa shape index (κ2) is 2.67. The van der Waals surface area contributed by atoms with Crippen LogP contribution < -0.4 is 11.1 Å². The van der Waals surface area contributed by atoms with Gasteiger partial charge in [0.1, 0.15) is 0 Å².